The van der Waals surface area contributed by atoms with Crippen molar-refractivity contribution < 1.29 is 66.3 Å². The Bertz CT molecular complexity index is 2670. The van der Waals surface area contributed by atoms with E-state index >= 15 is 0 Å². The summed E-state index contributed by atoms with van der Waals surface area (Å²) in [7, 11) is -4.53. The van der Waals surface area contributed by atoms with Gasteiger partial charge in [-0.2, -0.15) is 31.9 Å². The highest BCUT2D eigenvalue weighted by molar-refractivity contribution is 7.98. The molecule has 1 aromatic heterocycles. The molecule has 0 aliphatic carbocycles. The van der Waals surface area contributed by atoms with Crippen molar-refractivity contribution in [2.24, 2.45) is 5.73 Å². The van der Waals surface area contributed by atoms with Crippen LogP contribution in [0.3, 0.4) is 0 Å². The number of hydrogen-bond acceptors (Lipinski definition) is 13. The fourth-order valence-electron chi connectivity index (χ4n) is 7.21. The van der Waals surface area contributed by atoms with Crippen LogP contribution >= 0.6 is 23.5 Å². The van der Waals surface area contributed by atoms with Gasteiger partial charge in [0.25, 0.3) is 10.1 Å². The number of carboxylic acids is 1. The largest absolute Gasteiger partial charge is 0.481 e. The number of nitrogens with two attached hydrogens (primary N) is 1. The number of para-hydroxylation sites is 1. The Labute approximate surface area is 422 Å². The van der Waals surface area contributed by atoms with Gasteiger partial charge in [-0.25, -0.2) is 4.79 Å². The van der Waals surface area contributed by atoms with E-state index < -0.39 is 118 Å². The van der Waals surface area contributed by atoms with Gasteiger partial charge in [-0.3, -0.25) is 42.9 Å². The minimum atomic E-state index is -4.53. The highest BCUT2D eigenvalue weighted by Crippen LogP contribution is 2.20. The lowest BCUT2D eigenvalue weighted by atomic mass is 10.0. The quantitative estimate of drug-likeness (QED) is 0.0321. The first-order valence-electron chi connectivity index (χ1n) is 22.1. The minimum absolute atomic E-state index is 0.0196. The van der Waals surface area contributed by atoms with Crippen LogP contribution in [-0.4, -0.2) is 148 Å². The summed E-state index contributed by atoms with van der Waals surface area (Å²) >= 11 is 2.65. The van der Waals surface area contributed by atoms with E-state index in [2.05, 4.69) is 42.2 Å². The number of aromatic nitrogens is 1. The second-order valence-corrected chi connectivity index (χ2v) is 19.6. The molecule has 23 nitrogen and oxygen atoms in total. The molecular weight excluding hydrogens is 999 g/mol. The number of hydrogen-bond donors (Lipinski definition) is 12. The lowest BCUT2D eigenvalue weighted by Crippen LogP contribution is -2.59. The lowest BCUT2D eigenvalue weighted by molar-refractivity contribution is -0.141. The Kier molecular flexibility index (Phi) is 22.4. The van der Waals surface area contributed by atoms with Crippen molar-refractivity contribution in [2.75, 3.05) is 30.6 Å². The first kappa shape index (κ1) is 57.4. The fourth-order valence-corrected chi connectivity index (χ4v) is 8.63. The Morgan fingerprint density at radius 3 is 1.67 bits per heavy atom. The first-order chi connectivity index (χ1) is 34.2. The van der Waals surface area contributed by atoms with Crippen molar-refractivity contribution in [2.45, 2.75) is 79.7 Å². The van der Waals surface area contributed by atoms with Crippen LogP contribution in [0.4, 0.5) is 4.79 Å². The molecule has 0 saturated heterocycles. The highest BCUT2D eigenvalue weighted by atomic mass is 32.2. The van der Waals surface area contributed by atoms with E-state index in [-0.39, 0.29) is 32.1 Å². The number of carbonyl (C=O) groups is 9. The van der Waals surface area contributed by atoms with Gasteiger partial charge in [0.15, 0.2) is 0 Å². The van der Waals surface area contributed by atoms with Crippen molar-refractivity contribution in [3.05, 3.63) is 102 Å². The van der Waals surface area contributed by atoms with E-state index in [0.717, 1.165) is 12.1 Å². The van der Waals surface area contributed by atoms with Crippen LogP contribution in [0.1, 0.15) is 36.0 Å². The average Bonchev–Trinajstić information content (AvgIpc) is 3.74. The number of thioether (sulfide) groups is 2. The standard InChI is InChI=1S/C46H57N9O14S3/c1-70-18-16-32(51-43(62)35(55-46(65)66)21-27-12-14-29(15-13-27)72(67,68)69)41(60)49-25-38(56)50-36(22-28-24-48-31-11-7-6-10-30(28)31)44(63)52-33(17-19-71-2)42(61)54-37(23-39(57)58)45(64)53-34(40(47)59)20-26-8-4-3-5-9-26/h3-15,24,32-37,48,55H,16-23,25H2,1-2H3,(H2,47,59)(H,49,60)(H,50,56)(H,51,62)(H,52,63)(H,53,64)(H,54,61)(H,57,58)(H,65,66)(H,67,68,69)/t32-,33-,34-,35-,36-,37-/m0/s1. The monoisotopic (exact) mass is 1060 g/mol. The van der Waals surface area contributed by atoms with Crippen LogP contribution < -0.4 is 43.0 Å². The Morgan fingerprint density at radius 2 is 1.10 bits per heavy atom. The molecule has 72 heavy (non-hydrogen) atoms. The molecule has 0 unspecified atom stereocenters. The van der Waals surface area contributed by atoms with Gasteiger partial charge in [-0.05, 0) is 71.7 Å². The highest BCUT2D eigenvalue weighted by Gasteiger charge is 2.33. The predicted octanol–water partition coefficient (Wildman–Crippen LogP) is 0.0851. The molecule has 3 aromatic carbocycles. The zero-order chi connectivity index (χ0) is 53.0. The molecule has 388 valence electrons. The van der Waals surface area contributed by atoms with Crippen LogP contribution in [0, 0.1) is 0 Å². The third-order valence-electron chi connectivity index (χ3n) is 10.9. The maximum atomic E-state index is 14.3. The Hall–Kier alpha value is -7.16. The summed E-state index contributed by atoms with van der Waals surface area (Å²) in [5, 5.41) is 36.9. The average molecular weight is 1060 g/mol. The minimum Gasteiger partial charge on any atom is -0.481 e. The van der Waals surface area contributed by atoms with Crippen LogP contribution in [0.25, 0.3) is 10.9 Å². The van der Waals surface area contributed by atoms with E-state index in [1.807, 2.05) is 0 Å². The second kappa shape index (κ2) is 28.0. The predicted molar refractivity (Wildman–Crippen MR) is 267 cm³/mol. The summed E-state index contributed by atoms with van der Waals surface area (Å²) < 4.78 is 32.3. The SMILES string of the molecule is CSCC[C@H](NC(=O)[C@H](Cc1ccc(S(=O)(=O)O)cc1)NC(=O)O)C(=O)NCC(=O)N[C@@H](Cc1c[nH]c2ccccc12)C(=O)N[C@@H](CCSC)C(=O)N[C@@H](CC(=O)O)C(=O)N[C@@H](Cc1ccccc1)C(N)=O. The molecule has 0 aliphatic rings. The smallest absolute Gasteiger partial charge is 0.405 e. The molecule has 0 spiro atoms. The van der Waals surface area contributed by atoms with Crippen LogP contribution in [-0.2, 0) is 67.7 Å². The molecule has 1 heterocycles. The summed E-state index contributed by atoms with van der Waals surface area (Å²) in [4.78, 5) is 121. The number of carboxylic acid groups (broad SMARTS) is 2. The van der Waals surface area contributed by atoms with E-state index in [1.165, 1.54) is 35.7 Å². The molecule has 8 amide bonds. The molecule has 6 atom stereocenters. The Balaban J connectivity index is 1.51. The summed E-state index contributed by atoms with van der Waals surface area (Å²) in [6, 6.07) is 11.8. The van der Waals surface area contributed by atoms with E-state index in [4.69, 9.17) is 5.73 Å². The van der Waals surface area contributed by atoms with Gasteiger partial charge in [0, 0.05) is 36.4 Å². The molecule has 0 saturated carbocycles. The number of aromatic amines is 1. The van der Waals surface area contributed by atoms with Crippen molar-refractivity contribution in [1.82, 2.24) is 42.2 Å². The number of carbonyl (C=O) groups excluding carboxylic acids is 7. The van der Waals surface area contributed by atoms with Gasteiger partial charge in [0.1, 0.15) is 36.3 Å². The van der Waals surface area contributed by atoms with Crippen LogP contribution in [0.2, 0.25) is 0 Å². The summed E-state index contributed by atoms with van der Waals surface area (Å²) in [6.45, 7) is -0.724. The number of aliphatic carboxylic acids is 1. The number of fused-ring (bicyclic) bond motifs is 1. The van der Waals surface area contributed by atoms with Gasteiger partial charge < -0.3 is 58.1 Å². The zero-order valence-electron chi connectivity index (χ0n) is 39.0. The maximum Gasteiger partial charge on any atom is 0.405 e. The lowest BCUT2D eigenvalue weighted by Gasteiger charge is -2.26. The molecule has 4 rings (SSSR count). The number of amides is 8. The van der Waals surface area contributed by atoms with Crippen molar-refractivity contribution in [3.63, 3.8) is 0 Å². The number of benzene rings is 3. The summed E-state index contributed by atoms with van der Waals surface area (Å²) in [5.74, 6) is -7.22. The molecule has 0 radical (unpaired) electrons. The van der Waals surface area contributed by atoms with E-state index in [9.17, 15) is 66.3 Å². The zero-order valence-corrected chi connectivity index (χ0v) is 41.5. The molecule has 4 aromatic rings. The normalized spacial score (nSPS) is 13.7. The second-order valence-electron chi connectivity index (χ2n) is 16.2. The number of primary amides is 1. The molecule has 13 N–H and O–H groups in total. The maximum absolute atomic E-state index is 14.3. The van der Waals surface area contributed by atoms with Gasteiger partial charge in [-0.1, -0.05) is 60.7 Å². The Morgan fingerprint density at radius 1 is 0.597 bits per heavy atom. The van der Waals surface area contributed by atoms with E-state index in [0.29, 0.717) is 39.1 Å². The van der Waals surface area contributed by atoms with Gasteiger partial charge >= 0.3 is 12.1 Å². The molecule has 0 bridgehead atoms. The van der Waals surface area contributed by atoms with Crippen LogP contribution in [0.5, 0.6) is 0 Å². The van der Waals surface area contributed by atoms with Crippen molar-refractivity contribution in [3.8, 4) is 0 Å². The molecular formula is C46H57N9O14S3. The molecule has 26 heteroatoms. The fraction of sp³-hybridized carbons (Fsp3) is 0.370. The number of H-pyrrole nitrogens is 1. The third kappa shape index (κ3) is 18.5. The van der Waals surface area contributed by atoms with E-state index in [1.54, 1.807) is 73.3 Å². The van der Waals surface area contributed by atoms with Crippen molar-refractivity contribution in [1.29, 1.82) is 0 Å². The van der Waals surface area contributed by atoms with Crippen LogP contribution in [0.15, 0.2) is 90.0 Å². The van der Waals surface area contributed by atoms with Gasteiger partial charge in [-0.15, -0.1) is 0 Å². The number of nitrogens with one attached hydrogen (secondary N) is 8. The van der Waals surface area contributed by atoms with Crippen molar-refractivity contribution >= 4 is 98.0 Å². The third-order valence-corrected chi connectivity index (χ3v) is 13.0. The molecule has 0 aliphatic heterocycles. The summed E-state index contributed by atoms with van der Waals surface area (Å²) in [5.41, 5.74) is 7.80. The van der Waals surface area contributed by atoms with Gasteiger partial charge in [0.05, 0.1) is 17.9 Å². The number of rotatable bonds is 29. The topological polar surface area (TPSA) is 374 Å². The first-order valence-corrected chi connectivity index (χ1v) is 26.3. The summed E-state index contributed by atoms with van der Waals surface area (Å²) in [6.07, 6.45) is 2.18. The molecule has 0 fully saturated rings. The van der Waals surface area contributed by atoms with Gasteiger partial charge in [0.2, 0.25) is 41.4 Å².